The van der Waals surface area contributed by atoms with E-state index in [9.17, 15) is 0 Å². The molecule has 166 valence electrons. The van der Waals surface area contributed by atoms with Crippen LogP contribution in [-0.4, -0.2) is 32.9 Å². The minimum atomic E-state index is -0.0992. The molecule has 0 aromatic carbocycles. The topological polar surface area (TPSA) is 0 Å². The summed E-state index contributed by atoms with van der Waals surface area (Å²) in [5, 5.41) is 0.804. The van der Waals surface area contributed by atoms with Crippen molar-refractivity contribution >= 4 is 15.8 Å². The van der Waals surface area contributed by atoms with Crippen LogP contribution in [0.5, 0.6) is 0 Å². The van der Waals surface area contributed by atoms with Gasteiger partial charge in [-0.25, -0.2) is 0 Å². The average Bonchev–Trinajstić information content (AvgIpc) is 3.11. The van der Waals surface area contributed by atoms with Crippen LogP contribution >= 0.6 is 15.8 Å². The molecule has 0 heterocycles. The molecule has 2 fully saturated rings. The normalized spacial score (nSPS) is 26.4. The van der Waals surface area contributed by atoms with E-state index in [0.29, 0.717) is 10.3 Å². The molecule has 0 nitrogen and oxygen atoms in total. The lowest BCUT2D eigenvalue weighted by molar-refractivity contribution is 0.483. The van der Waals surface area contributed by atoms with Gasteiger partial charge in [0.1, 0.15) is 0 Å². The van der Waals surface area contributed by atoms with Crippen LogP contribution in [0.15, 0.2) is 23.8 Å². The quantitative estimate of drug-likeness (QED) is 0.378. The van der Waals surface area contributed by atoms with Crippen LogP contribution in [0, 0.1) is 0 Å². The van der Waals surface area contributed by atoms with E-state index in [1.54, 1.807) is 0 Å². The maximum atomic E-state index is 2.67. The second-order valence-corrected chi connectivity index (χ2v) is 19.0. The van der Waals surface area contributed by atoms with Gasteiger partial charge in [-0.2, -0.15) is 0 Å². The van der Waals surface area contributed by atoms with Gasteiger partial charge in [0, 0.05) is 5.66 Å². The lowest BCUT2D eigenvalue weighted by atomic mass is 9.99. The molecule has 29 heavy (non-hydrogen) atoms. The summed E-state index contributed by atoms with van der Waals surface area (Å²) in [4.78, 5) is 0. The number of allylic oxidation sites excluding steroid dienone is 4. The molecule has 0 aromatic rings. The van der Waals surface area contributed by atoms with Gasteiger partial charge in [0.2, 0.25) is 0 Å². The zero-order valence-electron chi connectivity index (χ0n) is 20.5. The Labute approximate surface area is 185 Å². The van der Waals surface area contributed by atoms with Crippen LogP contribution in [0.25, 0.3) is 0 Å². The zero-order chi connectivity index (χ0) is 21.2. The second kappa shape index (κ2) is 9.86. The highest BCUT2D eigenvalue weighted by molar-refractivity contribution is 7.62. The molecule has 3 rings (SSSR count). The SMILES string of the molecule is C[C@H](C1=CC=CC1P(C1CCCCC1)C1CCCCC1)P(C(C)(C)C)C(C)(C)C. The molecule has 2 saturated carbocycles. The van der Waals surface area contributed by atoms with E-state index < -0.39 is 0 Å². The minimum absolute atomic E-state index is 0.0889. The summed E-state index contributed by atoms with van der Waals surface area (Å²) in [5.74, 6) is 0. The summed E-state index contributed by atoms with van der Waals surface area (Å²) < 4.78 is 0. The molecule has 2 heteroatoms. The first-order chi connectivity index (χ1) is 13.6. The zero-order valence-corrected chi connectivity index (χ0v) is 22.3. The largest absolute Gasteiger partial charge is 0.0890 e. The average molecular weight is 435 g/mol. The van der Waals surface area contributed by atoms with Crippen molar-refractivity contribution in [2.45, 2.75) is 146 Å². The van der Waals surface area contributed by atoms with E-state index in [0.717, 1.165) is 22.6 Å². The number of rotatable bonds is 5. The minimum Gasteiger partial charge on any atom is -0.0890 e. The summed E-state index contributed by atoms with van der Waals surface area (Å²) in [7, 11) is -0.0103. The van der Waals surface area contributed by atoms with Crippen molar-refractivity contribution < 1.29 is 0 Å². The first-order valence-corrected chi connectivity index (χ1v) is 15.5. The molecule has 0 spiro atoms. The maximum absolute atomic E-state index is 2.67. The molecule has 0 N–H and O–H groups in total. The van der Waals surface area contributed by atoms with Gasteiger partial charge < -0.3 is 0 Å². The highest BCUT2D eigenvalue weighted by Gasteiger charge is 2.44. The molecule has 3 aliphatic carbocycles. The number of hydrogen-bond acceptors (Lipinski definition) is 0. The Bertz CT molecular complexity index is 545. The van der Waals surface area contributed by atoms with Crippen molar-refractivity contribution in [3.05, 3.63) is 23.8 Å². The monoisotopic (exact) mass is 434 g/mol. The summed E-state index contributed by atoms with van der Waals surface area (Å²) >= 11 is 0. The predicted octanol–water partition coefficient (Wildman–Crippen LogP) is 9.47. The Morgan fingerprint density at radius 2 is 1.21 bits per heavy atom. The summed E-state index contributed by atoms with van der Waals surface area (Å²) in [6.07, 6.45) is 22.8. The molecule has 0 amide bonds. The molecule has 0 aromatic heterocycles. The fraction of sp³-hybridized carbons (Fsp3) is 0.852. The van der Waals surface area contributed by atoms with Gasteiger partial charge in [-0.3, -0.25) is 0 Å². The van der Waals surface area contributed by atoms with E-state index >= 15 is 0 Å². The highest BCUT2D eigenvalue weighted by Crippen LogP contribution is 2.68. The Morgan fingerprint density at radius 1 is 0.759 bits per heavy atom. The van der Waals surface area contributed by atoms with E-state index in [2.05, 4.69) is 66.7 Å². The van der Waals surface area contributed by atoms with Crippen molar-refractivity contribution in [2.75, 3.05) is 0 Å². The van der Waals surface area contributed by atoms with Crippen molar-refractivity contribution in [1.29, 1.82) is 0 Å². The molecular formula is C27H48P2. The predicted molar refractivity (Wildman–Crippen MR) is 138 cm³/mol. The lowest BCUT2D eigenvalue weighted by Crippen LogP contribution is -2.34. The molecule has 3 aliphatic rings. The second-order valence-electron chi connectivity index (χ2n) is 11.9. The molecule has 0 radical (unpaired) electrons. The molecule has 0 bridgehead atoms. The third-order valence-electron chi connectivity index (χ3n) is 7.55. The molecule has 0 aliphatic heterocycles. The van der Waals surface area contributed by atoms with E-state index in [1.807, 2.05) is 5.57 Å². The third kappa shape index (κ3) is 5.78. The molecule has 1 unspecified atom stereocenters. The molecular weight excluding hydrogens is 386 g/mol. The van der Waals surface area contributed by atoms with Gasteiger partial charge in [-0.05, 0) is 53.0 Å². The van der Waals surface area contributed by atoms with E-state index in [-0.39, 0.29) is 15.8 Å². The van der Waals surface area contributed by atoms with Crippen LogP contribution in [0.2, 0.25) is 0 Å². The standard InChI is InChI=1S/C27H48P2/c1-21(29(26(2,3)4)27(5,6)7)24-19-14-20-25(24)28(22-15-10-8-11-16-22)23-17-12-9-13-18-23/h14,19-23,25H,8-13,15-18H2,1-7H3/t21-,25?/m1/s1. The highest BCUT2D eigenvalue weighted by atomic mass is 31.1. The van der Waals surface area contributed by atoms with Crippen LogP contribution in [0.3, 0.4) is 0 Å². The Morgan fingerprint density at radius 3 is 1.62 bits per heavy atom. The summed E-state index contributed by atoms with van der Waals surface area (Å²) in [6.45, 7) is 17.6. The van der Waals surface area contributed by atoms with Gasteiger partial charge in [0.05, 0.1) is 0 Å². The van der Waals surface area contributed by atoms with Crippen molar-refractivity contribution in [1.82, 2.24) is 0 Å². The first-order valence-electron chi connectivity index (χ1n) is 12.6. The van der Waals surface area contributed by atoms with Gasteiger partial charge >= 0.3 is 0 Å². The Balaban J connectivity index is 1.89. The van der Waals surface area contributed by atoms with Gasteiger partial charge in [-0.1, -0.05) is 127 Å². The fourth-order valence-corrected chi connectivity index (χ4v) is 16.3. The van der Waals surface area contributed by atoms with Crippen molar-refractivity contribution in [3.8, 4) is 0 Å². The van der Waals surface area contributed by atoms with Crippen molar-refractivity contribution in [2.24, 2.45) is 0 Å². The van der Waals surface area contributed by atoms with E-state index in [1.165, 1.54) is 64.2 Å². The fourth-order valence-electron chi connectivity index (χ4n) is 6.97. The van der Waals surface area contributed by atoms with Crippen molar-refractivity contribution in [3.63, 3.8) is 0 Å². The maximum Gasteiger partial charge on any atom is 0.0197 e. The van der Waals surface area contributed by atoms with Gasteiger partial charge in [0.15, 0.2) is 0 Å². The molecule has 2 atom stereocenters. The smallest absolute Gasteiger partial charge is 0.0197 e. The first kappa shape index (κ1) is 24.0. The van der Waals surface area contributed by atoms with Crippen LogP contribution < -0.4 is 0 Å². The lowest BCUT2D eigenvalue weighted by Gasteiger charge is -2.49. The van der Waals surface area contributed by atoms with Crippen LogP contribution in [-0.2, 0) is 0 Å². The summed E-state index contributed by atoms with van der Waals surface area (Å²) in [6, 6.07) is 0. The molecule has 0 saturated heterocycles. The number of hydrogen-bond donors (Lipinski definition) is 0. The Hall–Kier alpha value is 0.340. The van der Waals surface area contributed by atoms with Crippen LogP contribution in [0.1, 0.15) is 113 Å². The van der Waals surface area contributed by atoms with Crippen LogP contribution in [0.4, 0.5) is 0 Å². The summed E-state index contributed by atoms with van der Waals surface area (Å²) in [5.41, 5.74) is 5.45. The third-order valence-corrected chi connectivity index (χ3v) is 15.3. The van der Waals surface area contributed by atoms with Gasteiger partial charge in [-0.15, -0.1) is 0 Å². The van der Waals surface area contributed by atoms with E-state index in [4.69, 9.17) is 0 Å². The van der Waals surface area contributed by atoms with Gasteiger partial charge in [0.25, 0.3) is 0 Å². The Kier molecular flexibility index (Phi) is 8.16.